The van der Waals surface area contributed by atoms with Gasteiger partial charge in [-0.2, -0.15) is 13.2 Å². The highest BCUT2D eigenvalue weighted by atomic mass is 19.4. The van der Waals surface area contributed by atoms with E-state index >= 15 is 0 Å². The van der Waals surface area contributed by atoms with Gasteiger partial charge in [0.15, 0.2) is 0 Å². The smallest absolute Gasteiger partial charge is 0.416 e. The maximum absolute atomic E-state index is 12.9. The molecule has 1 aliphatic carbocycles. The van der Waals surface area contributed by atoms with Crippen LogP contribution in [0.3, 0.4) is 0 Å². The second-order valence-electron chi connectivity index (χ2n) is 6.93. The minimum atomic E-state index is -4.36. The summed E-state index contributed by atoms with van der Waals surface area (Å²) in [5, 5.41) is 0. The summed E-state index contributed by atoms with van der Waals surface area (Å²) in [6.07, 6.45) is -2.16. The van der Waals surface area contributed by atoms with E-state index in [1.54, 1.807) is 18.2 Å². The quantitative estimate of drug-likeness (QED) is 0.750. The van der Waals surface area contributed by atoms with Crippen molar-refractivity contribution in [3.63, 3.8) is 0 Å². The molecule has 28 heavy (non-hydrogen) atoms. The first-order valence-electron chi connectivity index (χ1n) is 9.15. The fourth-order valence-electron chi connectivity index (χ4n) is 3.41. The van der Waals surface area contributed by atoms with E-state index < -0.39 is 17.8 Å². The average molecular weight is 393 g/mol. The number of carbonyl (C=O) groups excluding carboxylic acids is 1. The lowest BCUT2D eigenvalue weighted by atomic mass is 9.95. The first-order chi connectivity index (χ1) is 13.3. The molecule has 0 bridgehead atoms. The Labute approximate surface area is 161 Å². The van der Waals surface area contributed by atoms with Crippen LogP contribution in [0.5, 0.6) is 0 Å². The van der Waals surface area contributed by atoms with Gasteiger partial charge in [-0.3, -0.25) is 0 Å². The number of ether oxygens (including phenoxy) is 2. The Kier molecular flexibility index (Phi) is 6.24. The standard InChI is InChI=1S/C21H22F3NO3/c22-21(23,24)17-4-1-3-16(11-17)15-9-7-14(8-10-15)13-27-18-5-2-6-19(12-18)28-20(25)26/h1,3-4,7-11,18-19H,2,5-6,12-13H2,(H2,25,26). The molecule has 2 N–H and O–H groups in total. The number of benzene rings is 2. The molecule has 0 aliphatic heterocycles. The van der Waals surface area contributed by atoms with Crippen molar-refractivity contribution >= 4 is 6.09 Å². The summed E-state index contributed by atoms with van der Waals surface area (Å²) in [7, 11) is 0. The molecule has 3 rings (SSSR count). The number of carbonyl (C=O) groups is 1. The number of hydrogen-bond donors (Lipinski definition) is 1. The molecule has 4 nitrogen and oxygen atoms in total. The summed E-state index contributed by atoms with van der Waals surface area (Å²) in [5.74, 6) is 0. The lowest BCUT2D eigenvalue weighted by Gasteiger charge is -2.28. The monoisotopic (exact) mass is 393 g/mol. The van der Waals surface area contributed by atoms with Crippen molar-refractivity contribution in [3.05, 3.63) is 59.7 Å². The maximum Gasteiger partial charge on any atom is 0.416 e. The van der Waals surface area contributed by atoms with Crippen molar-refractivity contribution in [1.82, 2.24) is 0 Å². The van der Waals surface area contributed by atoms with Gasteiger partial charge in [-0.1, -0.05) is 36.4 Å². The Morgan fingerprint density at radius 2 is 1.75 bits per heavy atom. The first-order valence-corrected chi connectivity index (χ1v) is 9.15. The summed E-state index contributed by atoms with van der Waals surface area (Å²) in [5.41, 5.74) is 6.55. The maximum atomic E-state index is 12.9. The Morgan fingerprint density at radius 1 is 1.04 bits per heavy atom. The molecule has 1 saturated carbocycles. The number of nitrogens with two attached hydrogens (primary N) is 1. The van der Waals surface area contributed by atoms with Crippen molar-refractivity contribution in [1.29, 1.82) is 0 Å². The SMILES string of the molecule is NC(=O)OC1CCCC(OCc2ccc(-c3cccc(C(F)(F)F)c3)cc2)C1. The Balaban J connectivity index is 1.58. The molecule has 0 spiro atoms. The summed E-state index contributed by atoms with van der Waals surface area (Å²) in [6, 6.07) is 12.5. The molecule has 1 fully saturated rings. The fourth-order valence-corrected chi connectivity index (χ4v) is 3.41. The zero-order chi connectivity index (χ0) is 20.1. The highest BCUT2D eigenvalue weighted by Gasteiger charge is 2.30. The largest absolute Gasteiger partial charge is 0.446 e. The van der Waals surface area contributed by atoms with Gasteiger partial charge in [-0.15, -0.1) is 0 Å². The molecule has 0 saturated heterocycles. The molecule has 0 heterocycles. The van der Waals surface area contributed by atoms with Crippen molar-refractivity contribution < 1.29 is 27.4 Å². The van der Waals surface area contributed by atoms with E-state index in [0.717, 1.165) is 37.0 Å². The minimum Gasteiger partial charge on any atom is -0.446 e. The van der Waals surface area contributed by atoms with Gasteiger partial charge in [0, 0.05) is 6.42 Å². The lowest BCUT2D eigenvalue weighted by molar-refractivity contribution is -0.137. The number of hydrogen-bond acceptors (Lipinski definition) is 3. The van der Waals surface area contributed by atoms with E-state index in [1.807, 2.05) is 12.1 Å². The molecule has 1 aliphatic rings. The minimum absolute atomic E-state index is 0.0127. The molecule has 2 unspecified atom stereocenters. The van der Waals surface area contributed by atoms with Crippen LogP contribution >= 0.6 is 0 Å². The molecule has 2 atom stereocenters. The van der Waals surface area contributed by atoms with E-state index in [1.165, 1.54) is 6.07 Å². The summed E-state index contributed by atoms with van der Waals surface area (Å²) in [4.78, 5) is 10.9. The summed E-state index contributed by atoms with van der Waals surface area (Å²) >= 11 is 0. The van der Waals surface area contributed by atoms with Crippen molar-refractivity contribution in [2.24, 2.45) is 5.73 Å². The van der Waals surface area contributed by atoms with E-state index in [2.05, 4.69) is 0 Å². The molecule has 7 heteroatoms. The zero-order valence-corrected chi connectivity index (χ0v) is 15.2. The van der Waals surface area contributed by atoms with Crippen LogP contribution < -0.4 is 5.73 Å². The lowest BCUT2D eigenvalue weighted by Crippen LogP contribution is -2.31. The number of primary amides is 1. The van der Waals surface area contributed by atoms with Gasteiger partial charge in [0.1, 0.15) is 6.10 Å². The summed E-state index contributed by atoms with van der Waals surface area (Å²) in [6.45, 7) is 0.386. The molecule has 150 valence electrons. The van der Waals surface area contributed by atoms with Crippen LogP contribution in [0.25, 0.3) is 11.1 Å². The fraction of sp³-hybridized carbons (Fsp3) is 0.381. The number of alkyl halides is 3. The van der Waals surface area contributed by atoms with Crippen LogP contribution in [-0.4, -0.2) is 18.3 Å². The molecule has 2 aromatic carbocycles. The molecule has 0 aromatic heterocycles. The molecular weight excluding hydrogens is 371 g/mol. The van der Waals surface area contributed by atoms with Gasteiger partial charge in [0.05, 0.1) is 18.3 Å². The van der Waals surface area contributed by atoms with Gasteiger partial charge in [-0.05, 0) is 48.1 Å². The third-order valence-electron chi connectivity index (χ3n) is 4.82. The second-order valence-corrected chi connectivity index (χ2v) is 6.93. The van der Waals surface area contributed by atoms with E-state index in [0.29, 0.717) is 24.2 Å². The number of amides is 1. The van der Waals surface area contributed by atoms with Gasteiger partial charge in [-0.25, -0.2) is 4.79 Å². The Morgan fingerprint density at radius 3 is 2.43 bits per heavy atom. The van der Waals surface area contributed by atoms with Gasteiger partial charge >= 0.3 is 12.3 Å². The Hall–Kier alpha value is -2.54. The molecule has 1 amide bonds. The van der Waals surface area contributed by atoms with Crippen molar-refractivity contribution in [2.75, 3.05) is 0 Å². The second kappa shape index (κ2) is 8.65. The van der Waals surface area contributed by atoms with Crippen LogP contribution in [0.1, 0.15) is 36.8 Å². The topological polar surface area (TPSA) is 61.6 Å². The number of rotatable bonds is 5. The predicted molar refractivity (Wildman–Crippen MR) is 98.4 cm³/mol. The highest BCUT2D eigenvalue weighted by Crippen LogP contribution is 2.32. The normalized spacial score (nSPS) is 20.0. The number of halogens is 3. The molecule has 2 aromatic rings. The predicted octanol–water partition coefficient (Wildman–Crippen LogP) is 5.30. The van der Waals surface area contributed by atoms with Gasteiger partial charge in [0.2, 0.25) is 0 Å². The van der Waals surface area contributed by atoms with Crippen LogP contribution in [0.15, 0.2) is 48.5 Å². The first kappa shape index (κ1) is 20.2. The Bertz CT molecular complexity index is 805. The van der Waals surface area contributed by atoms with Crippen LogP contribution in [0.2, 0.25) is 0 Å². The van der Waals surface area contributed by atoms with E-state index in [9.17, 15) is 18.0 Å². The highest BCUT2D eigenvalue weighted by molar-refractivity contribution is 5.65. The van der Waals surface area contributed by atoms with Crippen molar-refractivity contribution in [2.45, 2.75) is 50.7 Å². The van der Waals surface area contributed by atoms with Crippen LogP contribution in [0, 0.1) is 0 Å². The van der Waals surface area contributed by atoms with E-state index in [4.69, 9.17) is 15.2 Å². The third kappa shape index (κ3) is 5.48. The van der Waals surface area contributed by atoms with Crippen LogP contribution in [-0.2, 0) is 22.3 Å². The van der Waals surface area contributed by atoms with Crippen molar-refractivity contribution in [3.8, 4) is 11.1 Å². The average Bonchev–Trinajstić information content (AvgIpc) is 2.66. The van der Waals surface area contributed by atoms with Crippen LogP contribution in [0.4, 0.5) is 18.0 Å². The summed E-state index contributed by atoms with van der Waals surface area (Å²) < 4.78 is 49.6. The van der Waals surface area contributed by atoms with Gasteiger partial charge < -0.3 is 15.2 Å². The zero-order valence-electron chi connectivity index (χ0n) is 15.2. The van der Waals surface area contributed by atoms with E-state index in [-0.39, 0.29) is 12.2 Å². The molecular formula is C21H22F3NO3. The third-order valence-corrected chi connectivity index (χ3v) is 4.82. The van der Waals surface area contributed by atoms with Gasteiger partial charge in [0.25, 0.3) is 0 Å². The molecule has 0 radical (unpaired) electrons.